The van der Waals surface area contributed by atoms with E-state index in [-0.39, 0.29) is 31.1 Å². The number of rotatable bonds is 15. The van der Waals surface area contributed by atoms with Gasteiger partial charge >= 0.3 is 30.0 Å². The average molecular weight is 1270 g/mol. The fourth-order valence-corrected chi connectivity index (χ4v) is 11.4. The number of carboxylic acid groups (broad SMARTS) is 2. The van der Waals surface area contributed by atoms with E-state index in [1.807, 2.05) is 48.5 Å². The van der Waals surface area contributed by atoms with E-state index in [1.165, 1.54) is 21.1 Å². The summed E-state index contributed by atoms with van der Waals surface area (Å²) < 4.78 is 52.2. The van der Waals surface area contributed by atoms with E-state index in [9.17, 15) is 24.0 Å². The molecule has 6 rings (SSSR count). The molecule has 3 unspecified atom stereocenters. The predicted octanol–water partition coefficient (Wildman–Crippen LogP) is 11.8. The number of Topliss-reactive ketones (excluding diaryl/α,β-unsaturated/α-hetero) is 1. The number of amides is 1. The number of hydrogen-bond acceptors (Lipinski definition) is 16. The lowest BCUT2D eigenvalue weighted by atomic mass is 9.45. The van der Waals surface area contributed by atoms with Crippen molar-refractivity contribution < 1.29 is 86.4 Å². The van der Waals surface area contributed by atoms with E-state index in [0.29, 0.717) is 46.8 Å². The molecule has 2 saturated carbocycles. The Morgan fingerprint density at radius 2 is 1.40 bits per heavy atom. The van der Waals surface area contributed by atoms with E-state index >= 15 is 4.79 Å². The number of carbonyl (C=O) groups excluding carboxylic acids is 5. The highest BCUT2D eigenvalue weighted by Crippen LogP contribution is 2.64. The van der Waals surface area contributed by atoms with Crippen LogP contribution in [-0.2, 0) is 57.1 Å². The van der Waals surface area contributed by atoms with Gasteiger partial charge in [-0.15, -0.1) is 38.5 Å². The molecule has 2 aromatic rings. The lowest BCUT2D eigenvalue weighted by molar-refractivity contribution is -0.258. The SMILES string of the molecule is C#C.C#C.C#C.CC.CC(=O)O.COc1ccc(C(NC(=O)OC(C)(C)C)O[C@H](CCC(C)C)C(=O)O[C@@H]2C(C)=C3[C@@H](OC(C)=O)C(=O)[C@@]4(C)C(CC(OC)([C@H]2C)C3(C)C)[C@@H]2CO[C@@H]2C[C@@H]4OC(=O)C(Cl)(Cl)Cl)c(OC)c1.O=C(O)c1ccccc1. The van der Waals surface area contributed by atoms with Crippen LogP contribution >= 0.6 is 34.8 Å². The van der Waals surface area contributed by atoms with Crippen LogP contribution in [-0.4, -0.2) is 125 Å². The quantitative estimate of drug-likeness (QED) is 0.0374. The molecule has 3 fully saturated rings. The number of alkyl halides is 3. The predicted molar refractivity (Wildman–Crippen MR) is 328 cm³/mol. The van der Waals surface area contributed by atoms with Crippen molar-refractivity contribution in [3.8, 4) is 50.0 Å². The molecule has 478 valence electrons. The van der Waals surface area contributed by atoms with E-state index in [1.54, 1.807) is 90.3 Å². The van der Waals surface area contributed by atoms with Crippen molar-refractivity contribution in [2.45, 2.75) is 174 Å². The molecule has 19 nitrogen and oxygen atoms in total. The van der Waals surface area contributed by atoms with E-state index < -0.39 is 116 Å². The maximum absolute atomic E-state index is 15.6. The van der Waals surface area contributed by atoms with Gasteiger partial charge in [0.15, 0.2) is 24.2 Å². The Kier molecular flexibility index (Phi) is 32.7. The number of aliphatic carboxylic acids is 1. The van der Waals surface area contributed by atoms with Gasteiger partial charge < -0.3 is 52.8 Å². The summed E-state index contributed by atoms with van der Waals surface area (Å²) in [4.78, 5) is 89.4. The summed E-state index contributed by atoms with van der Waals surface area (Å²) >= 11 is 18.0. The largest absolute Gasteiger partial charge is 0.497 e. The van der Waals surface area contributed by atoms with Gasteiger partial charge in [-0.1, -0.05) is 101 Å². The molecule has 0 spiro atoms. The molecule has 22 heteroatoms. The van der Waals surface area contributed by atoms with Crippen molar-refractivity contribution in [1.29, 1.82) is 0 Å². The zero-order valence-electron chi connectivity index (χ0n) is 52.5. The summed E-state index contributed by atoms with van der Waals surface area (Å²) in [6.45, 7) is 25.0. The fraction of sp³-hybridized carbons (Fsp3) is 0.578. The molecule has 1 aliphatic heterocycles. The third-order valence-corrected chi connectivity index (χ3v) is 15.5. The fourth-order valence-electron chi connectivity index (χ4n) is 11.3. The third kappa shape index (κ3) is 20.0. The molecule has 3 aliphatic carbocycles. The highest BCUT2D eigenvalue weighted by atomic mass is 35.6. The van der Waals surface area contributed by atoms with Crippen LogP contribution in [0.5, 0.6) is 11.5 Å². The van der Waals surface area contributed by atoms with Crippen LogP contribution in [0.3, 0.4) is 0 Å². The second kappa shape index (κ2) is 35.3. The molecular weight excluding hydrogens is 1180 g/mol. The molecule has 11 atom stereocenters. The van der Waals surface area contributed by atoms with Gasteiger partial charge in [0.05, 0.1) is 43.5 Å². The normalized spacial score (nSPS) is 24.5. The first-order valence-electron chi connectivity index (χ1n) is 27.5. The second-order valence-corrected chi connectivity index (χ2v) is 24.3. The third-order valence-electron chi connectivity index (χ3n) is 15.0. The van der Waals surface area contributed by atoms with Gasteiger partial charge in [-0.3, -0.25) is 19.7 Å². The zero-order chi connectivity index (χ0) is 67.0. The van der Waals surface area contributed by atoms with Crippen molar-refractivity contribution in [2.75, 3.05) is 27.9 Å². The topological polar surface area (TPSA) is 255 Å². The molecule has 2 bridgehead atoms. The van der Waals surface area contributed by atoms with Crippen molar-refractivity contribution in [1.82, 2.24) is 5.32 Å². The van der Waals surface area contributed by atoms with Crippen molar-refractivity contribution in [3.05, 3.63) is 70.8 Å². The van der Waals surface area contributed by atoms with Gasteiger partial charge in [0.1, 0.15) is 29.3 Å². The summed E-state index contributed by atoms with van der Waals surface area (Å²) in [6, 6.07) is 13.3. The van der Waals surface area contributed by atoms with Crippen LogP contribution in [0.1, 0.15) is 145 Å². The Bertz CT molecular complexity index is 2650. The number of halogens is 3. The number of esters is 3. The van der Waals surface area contributed by atoms with Gasteiger partial charge in [0.2, 0.25) is 0 Å². The number of ketones is 1. The molecule has 0 radical (unpaired) electrons. The highest BCUT2D eigenvalue weighted by Gasteiger charge is 2.71. The standard InChI is InChI=1S/C47H66Cl3NO14.C7H6O2.C2H4O2.C2H6.3C2H2/c1-23(2)15-18-31(62-39(51-42(56)65-43(6,7)8)28-17-16-27(57-12)19-32(28)58-13)40(54)64-36-24(3)35-37(61-26(5)52)38(53)45(11)30(21-46(59-14,25(36)4)44(35,9)10)29-22-60-33(29)20-34(45)63-41(55)47(48,49)50;8-7(9)6-4-2-1-3-5-6;1-2(3)4;4*1-2/h16-17,19,23,25,29-31,33-34,36-37,39H,15,18,20-22H2,1-14H3,(H,51,56);1-5H,(H,8,9);1H3,(H,3,4);1-2H3;3*1-2H/t25-,29-,30?,31+,33+,34-,36+,37+,39?,45-,46?;;;;;;/m0....../s1. The Labute approximate surface area is 523 Å². The van der Waals surface area contributed by atoms with Gasteiger partial charge in [-0.25, -0.2) is 19.2 Å². The maximum Gasteiger partial charge on any atom is 0.409 e. The van der Waals surface area contributed by atoms with Gasteiger partial charge in [0.25, 0.3) is 9.76 Å². The minimum atomic E-state index is -2.44. The number of carbonyl (C=O) groups is 7. The monoisotopic (exact) mass is 1260 g/mol. The number of carboxylic acids is 2. The molecule has 86 heavy (non-hydrogen) atoms. The van der Waals surface area contributed by atoms with Gasteiger partial charge in [-0.05, 0) is 101 Å². The van der Waals surface area contributed by atoms with Crippen LogP contribution in [0, 0.1) is 73.0 Å². The van der Waals surface area contributed by atoms with Crippen molar-refractivity contribution in [2.24, 2.45) is 34.5 Å². The molecule has 1 heterocycles. The number of aromatic carboxylic acids is 1. The van der Waals surface area contributed by atoms with Crippen LogP contribution in [0.15, 0.2) is 59.7 Å². The molecule has 3 N–H and O–H groups in total. The minimum absolute atomic E-state index is 0.129. The summed E-state index contributed by atoms with van der Waals surface area (Å²) in [5, 5.41) is 18.6. The van der Waals surface area contributed by atoms with Crippen LogP contribution < -0.4 is 14.8 Å². The summed E-state index contributed by atoms with van der Waals surface area (Å²) in [7, 11) is 4.54. The number of benzene rings is 2. The zero-order valence-corrected chi connectivity index (χ0v) is 54.7. The number of hydrogen-bond donors (Lipinski definition) is 3. The number of alkyl carbamates (subject to hydrolysis) is 1. The Balaban J connectivity index is 0.00000296. The average Bonchev–Trinajstić information content (AvgIpc) is 0.698. The lowest BCUT2D eigenvalue weighted by Gasteiger charge is -2.65. The van der Waals surface area contributed by atoms with Crippen LogP contribution in [0.4, 0.5) is 4.79 Å². The smallest absolute Gasteiger partial charge is 0.409 e. The van der Waals surface area contributed by atoms with Crippen molar-refractivity contribution >= 4 is 76.5 Å². The molecule has 4 aliphatic rings. The number of nitrogens with one attached hydrogen (secondary N) is 1. The van der Waals surface area contributed by atoms with E-state index in [2.05, 4.69) is 43.9 Å². The first kappa shape index (κ1) is 79.5. The summed E-state index contributed by atoms with van der Waals surface area (Å²) in [5.41, 5.74) is -3.07. The number of ether oxygens (including phenoxy) is 9. The number of methoxy groups -OCH3 is 3. The molecule has 1 amide bonds. The van der Waals surface area contributed by atoms with Crippen LogP contribution in [0.2, 0.25) is 0 Å². The Morgan fingerprint density at radius 3 is 1.83 bits per heavy atom. The van der Waals surface area contributed by atoms with E-state index in [4.69, 9.17) is 92.4 Å². The Morgan fingerprint density at radius 1 is 0.837 bits per heavy atom. The lowest BCUT2D eigenvalue weighted by Crippen LogP contribution is -2.71. The molecule has 0 aromatic heterocycles. The maximum atomic E-state index is 15.6. The number of terminal acetylenes is 3. The summed E-state index contributed by atoms with van der Waals surface area (Å²) in [6.07, 6.45) is 17.6. The number of fused-ring (bicyclic) bond motifs is 5. The van der Waals surface area contributed by atoms with E-state index in [0.717, 1.165) is 6.92 Å². The molecule has 1 saturated heterocycles. The van der Waals surface area contributed by atoms with Gasteiger partial charge in [-0.2, -0.15) is 0 Å². The first-order valence-corrected chi connectivity index (χ1v) is 28.7. The molecular formula is C64H88Cl3NO18. The van der Waals surface area contributed by atoms with Crippen molar-refractivity contribution in [3.63, 3.8) is 0 Å². The van der Waals surface area contributed by atoms with Gasteiger partial charge in [0, 0.05) is 56.3 Å². The van der Waals surface area contributed by atoms with Crippen LogP contribution in [0.25, 0.3) is 0 Å². The Hall–Kier alpha value is -6.50. The highest BCUT2D eigenvalue weighted by molar-refractivity contribution is 6.75. The summed E-state index contributed by atoms with van der Waals surface area (Å²) in [5.74, 6) is -5.37. The minimum Gasteiger partial charge on any atom is -0.497 e. The first-order chi connectivity index (χ1) is 40.1. The second-order valence-electron chi connectivity index (χ2n) is 22.0. The molecule has 2 aromatic carbocycles.